The Labute approximate surface area is 245 Å². The highest BCUT2D eigenvalue weighted by Gasteiger charge is 2.44. The van der Waals surface area contributed by atoms with Gasteiger partial charge in [-0.3, -0.25) is 9.79 Å². The first-order chi connectivity index (χ1) is 19.0. The molecule has 1 aromatic carbocycles. The van der Waals surface area contributed by atoms with Crippen LogP contribution in [0, 0.1) is 30.9 Å². The summed E-state index contributed by atoms with van der Waals surface area (Å²) < 4.78 is 34.8. The number of anilines is 2. The highest BCUT2D eigenvalue weighted by molar-refractivity contribution is 8.15. The van der Waals surface area contributed by atoms with Gasteiger partial charge in [0.05, 0.1) is 22.0 Å². The second kappa shape index (κ2) is 13.3. The molecule has 10 heteroatoms. The van der Waals surface area contributed by atoms with Gasteiger partial charge in [-0.2, -0.15) is 0 Å². The fraction of sp³-hybridized carbons (Fsp3) is 0.419. The number of likely N-dealkylation sites (tertiary alicyclic amines) is 1. The molecule has 3 heterocycles. The summed E-state index contributed by atoms with van der Waals surface area (Å²) >= 11 is 1.39. The summed E-state index contributed by atoms with van der Waals surface area (Å²) in [5.41, 5.74) is 1.61. The molecule has 2 aliphatic heterocycles. The number of hydrogen-bond donors (Lipinski definition) is 1. The standard InChI is InChI=1S/C30H33F2N5O2S.CH4/c1-7-19(3)39-20(4)17-34-27-18(2)10-11-33-28(27)36-22-14-23(26(32)24(31)15-22)25-16-30(6,40-21(5)35-25)29(38)37-12-8-9-13-37;/h1,10-11,14-15,17,19,25H,4,8-9,12-13,16H2,2-3,5-6H3,(H,33,36);1H4/t19?,25?,30-;/m1./s1. The van der Waals surface area contributed by atoms with Crippen molar-refractivity contribution in [3.05, 3.63) is 59.5 Å². The third-order valence-electron chi connectivity index (χ3n) is 6.84. The van der Waals surface area contributed by atoms with Crippen molar-refractivity contribution in [2.45, 2.75) is 71.3 Å². The van der Waals surface area contributed by atoms with E-state index >= 15 is 4.39 Å². The Bertz CT molecular complexity index is 1410. The van der Waals surface area contributed by atoms with E-state index in [0.29, 0.717) is 16.5 Å². The number of aromatic nitrogens is 1. The molecular weight excluding hydrogens is 544 g/mol. The molecule has 0 spiro atoms. The number of nitrogens with one attached hydrogen (secondary N) is 1. The molecule has 1 fully saturated rings. The van der Waals surface area contributed by atoms with Crippen LogP contribution in [-0.2, 0) is 9.53 Å². The third kappa shape index (κ3) is 7.33. The molecule has 0 saturated carbocycles. The number of aryl methyl sites for hydroxylation is 1. The number of carbonyl (C=O) groups is 1. The van der Waals surface area contributed by atoms with Gasteiger partial charge in [-0.25, -0.2) is 18.8 Å². The molecule has 7 nitrogen and oxygen atoms in total. The van der Waals surface area contributed by atoms with E-state index in [2.05, 4.69) is 32.8 Å². The van der Waals surface area contributed by atoms with Crippen LogP contribution in [0.15, 0.2) is 46.7 Å². The number of benzene rings is 1. The maximum atomic E-state index is 15.2. The van der Waals surface area contributed by atoms with Crippen LogP contribution in [0.1, 0.15) is 64.6 Å². The number of halogens is 2. The number of rotatable bonds is 8. The van der Waals surface area contributed by atoms with Crippen molar-refractivity contribution in [2.24, 2.45) is 9.98 Å². The predicted molar refractivity (Wildman–Crippen MR) is 164 cm³/mol. The number of terminal acetylenes is 1. The molecule has 1 aromatic heterocycles. The summed E-state index contributed by atoms with van der Waals surface area (Å²) in [5, 5.41) is 3.73. The third-order valence-corrected chi connectivity index (χ3v) is 8.04. The van der Waals surface area contributed by atoms with Crippen LogP contribution >= 0.6 is 11.8 Å². The van der Waals surface area contributed by atoms with Gasteiger partial charge in [-0.1, -0.05) is 31.7 Å². The fourth-order valence-electron chi connectivity index (χ4n) is 4.89. The molecular formula is C31H37F2N5O2S. The molecule has 0 radical (unpaired) electrons. The zero-order chi connectivity index (χ0) is 29.0. The second-order valence-corrected chi connectivity index (χ2v) is 11.9. The molecule has 1 amide bonds. The van der Waals surface area contributed by atoms with Crippen LogP contribution in [0.2, 0.25) is 0 Å². The number of aliphatic imine (C=N–C) groups is 2. The largest absolute Gasteiger partial charge is 0.477 e. The minimum absolute atomic E-state index is 0. The minimum atomic E-state index is -1.03. The number of thioether (sulfide) groups is 1. The van der Waals surface area contributed by atoms with Crippen molar-refractivity contribution in [1.82, 2.24) is 9.88 Å². The van der Waals surface area contributed by atoms with Crippen LogP contribution < -0.4 is 5.32 Å². The zero-order valence-electron chi connectivity index (χ0n) is 23.1. The van der Waals surface area contributed by atoms with Crippen molar-refractivity contribution in [3.63, 3.8) is 0 Å². The van der Waals surface area contributed by atoms with Crippen molar-refractivity contribution >= 4 is 46.1 Å². The maximum absolute atomic E-state index is 15.2. The second-order valence-electron chi connectivity index (χ2n) is 10.2. The van der Waals surface area contributed by atoms with E-state index in [1.807, 2.05) is 18.7 Å². The van der Waals surface area contributed by atoms with Crippen LogP contribution in [0.4, 0.5) is 26.0 Å². The summed E-state index contributed by atoms with van der Waals surface area (Å²) in [6, 6.07) is 3.63. The van der Waals surface area contributed by atoms with Crippen LogP contribution in [0.3, 0.4) is 0 Å². The Morgan fingerprint density at radius 3 is 2.76 bits per heavy atom. The Balaban J connectivity index is 0.00000462. The van der Waals surface area contributed by atoms with E-state index < -0.39 is 28.5 Å². The number of allylic oxidation sites excluding steroid dienone is 1. The van der Waals surface area contributed by atoms with Gasteiger partial charge in [0.1, 0.15) is 11.4 Å². The summed E-state index contributed by atoms with van der Waals surface area (Å²) in [4.78, 5) is 28.7. The lowest BCUT2D eigenvalue weighted by molar-refractivity contribution is -0.132. The van der Waals surface area contributed by atoms with Gasteiger partial charge in [0.15, 0.2) is 23.6 Å². The Morgan fingerprint density at radius 2 is 2.07 bits per heavy atom. The van der Waals surface area contributed by atoms with E-state index in [1.165, 1.54) is 24.0 Å². The number of amides is 1. The smallest absolute Gasteiger partial charge is 0.239 e. The lowest BCUT2D eigenvalue weighted by atomic mass is 9.93. The average Bonchev–Trinajstić information content (AvgIpc) is 3.44. The highest BCUT2D eigenvalue weighted by Crippen LogP contribution is 2.45. The number of hydrogen-bond acceptors (Lipinski definition) is 7. The lowest BCUT2D eigenvalue weighted by Crippen LogP contribution is -2.46. The molecule has 2 aliphatic rings. The molecule has 1 N–H and O–H groups in total. The first-order valence-electron chi connectivity index (χ1n) is 13.1. The number of pyridine rings is 1. The molecule has 218 valence electrons. The summed E-state index contributed by atoms with van der Waals surface area (Å²) in [5.74, 6) is 1.05. The van der Waals surface area contributed by atoms with Gasteiger partial charge in [-0.15, -0.1) is 6.42 Å². The van der Waals surface area contributed by atoms with Crippen molar-refractivity contribution < 1.29 is 18.3 Å². The minimum Gasteiger partial charge on any atom is -0.477 e. The Morgan fingerprint density at radius 1 is 1.37 bits per heavy atom. The first kappa shape index (κ1) is 31.8. The van der Waals surface area contributed by atoms with E-state index in [1.54, 1.807) is 26.1 Å². The van der Waals surface area contributed by atoms with Crippen molar-refractivity contribution in [2.75, 3.05) is 18.4 Å². The molecule has 4 rings (SSSR count). The topological polar surface area (TPSA) is 79.2 Å². The van der Waals surface area contributed by atoms with Crippen LogP contribution in [0.25, 0.3) is 0 Å². The first-order valence-corrected chi connectivity index (χ1v) is 13.9. The van der Waals surface area contributed by atoms with E-state index in [9.17, 15) is 9.18 Å². The molecule has 0 aliphatic carbocycles. The summed E-state index contributed by atoms with van der Waals surface area (Å²) in [7, 11) is 0. The van der Waals surface area contributed by atoms with Gasteiger partial charge in [0.2, 0.25) is 5.91 Å². The van der Waals surface area contributed by atoms with Gasteiger partial charge in [0.25, 0.3) is 0 Å². The fourth-order valence-corrected chi connectivity index (χ4v) is 6.18. The maximum Gasteiger partial charge on any atom is 0.239 e. The van der Waals surface area contributed by atoms with Crippen molar-refractivity contribution in [3.8, 4) is 12.3 Å². The highest BCUT2D eigenvalue weighted by atomic mass is 32.2. The SMILES string of the molecule is C.C#CC(C)OC(=C)C=Nc1c(C)ccnc1Nc1cc(F)c(F)c(C2C[C@](C)(C(=O)N3CCCC3)SC(C)=N2)c1. The monoisotopic (exact) mass is 581 g/mol. The molecule has 41 heavy (non-hydrogen) atoms. The molecule has 1 saturated heterocycles. The van der Waals surface area contributed by atoms with Crippen LogP contribution in [0.5, 0.6) is 0 Å². The van der Waals surface area contributed by atoms with Gasteiger partial charge >= 0.3 is 0 Å². The van der Waals surface area contributed by atoms with Crippen molar-refractivity contribution in [1.29, 1.82) is 0 Å². The number of ether oxygens (including phenoxy) is 1. The van der Waals surface area contributed by atoms with E-state index in [4.69, 9.17) is 11.2 Å². The zero-order valence-corrected chi connectivity index (χ0v) is 23.9. The summed E-state index contributed by atoms with van der Waals surface area (Å²) in [6.07, 6.45) is 10.1. The molecule has 2 unspecified atom stereocenters. The van der Waals surface area contributed by atoms with Crippen LogP contribution in [-0.4, -0.2) is 51.0 Å². The van der Waals surface area contributed by atoms with Gasteiger partial charge in [-0.05, 0) is 64.7 Å². The quantitative estimate of drug-likeness (QED) is 0.201. The van der Waals surface area contributed by atoms with E-state index in [0.717, 1.165) is 37.6 Å². The number of carbonyl (C=O) groups excluding carboxylic acids is 1. The molecule has 2 aromatic rings. The summed E-state index contributed by atoms with van der Waals surface area (Å²) in [6.45, 7) is 12.5. The average molecular weight is 582 g/mol. The molecule has 3 atom stereocenters. The lowest BCUT2D eigenvalue weighted by Gasteiger charge is -2.37. The Kier molecular flexibility index (Phi) is 10.3. The Hall–Kier alpha value is -3.71. The van der Waals surface area contributed by atoms with Gasteiger partial charge in [0, 0.05) is 36.6 Å². The normalized spacial score (nSPS) is 21.0. The predicted octanol–water partition coefficient (Wildman–Crippen LogP) is 7.28. The number of nitrogens with zero attached hydrogens (tertiary/aromatic N) is 4. The molecule has 0 bridgehead atoms. The van der Waals surface area contributed by atoms with E-state index in [-0.39, 0.29) is 36.8 Å². The van der Waals surface area contributed by atoms with Gasteiger partial charge < -0.3 is 15.0 Å².